The number of carbonyl (C=O) groups excluding carboxylic acids is 2. The van der Waals surface area contributed by atoms with E-state index in [9.17, 15) is 9.59 Å². The van der Waals surface area contributed by atoms with Crippen LogP contribution < -0.4 is 9.47 Å². The van der Waals surface area contributed by atoms with Crippen LogP contribution in [-0.4, -0.2) is 23.7 Å². The van der Waals surface area contributed by atoms with E-state index in [1.807, 2.05) is 60.7 Å². The second-order valence-corrected chi connectivity index (χ2v) is 7.45. The van der Waals surface area contributed by atoms with Gasteiger partial charge in [-0.2, -0.15) is 0 Å². The van der Waals surface area contributed by atoms with Gasteiger partial charge in [-0.15, -0.1) is 0 Å². The number of hydrogen-bond acceptors (Lipinski definition) is 4. The molecule has 0 radical (unpaired) electrons. The number of benzene rings is 4. The van der Waals surface area contributed by atoms with Gasteiger partial charge in [0.05, 0.1) is 0 Å². The highest BCUT2D eigenvalue weighted by Crippen LogP contribution is 2.45. The van der Waals surface area contributed by atoms with Crippen molar-refractivity contribution in [3.63, 3.8) is 0 Å². The molecule has 0 amide bonds. The van der Waals surface area contributed by atoms with Crippen molar-refractivity contribution in [2.75, 3.05) is 13.2 Å². The molecule has 30 heavy (non-hydrogen) atoms. The molecule has 4 nitrogen and oxygen atoms in total. The highest BCUT2D eigenvalue weighted by atomic mass is 35.5. The summed E-state index contributed by atoms with van der Waals surface area (Å²) >= 11 is 11.0. The van der Waals surface area contributed by atoms with Crippen LogP contribution in [0.2, 0.25) is 0 Å². The summed E-state index contributed by atoms with van der Waals surface area (Å²) in [5.41, 5.74) is 1.50. The maximum Gasteiger partial charge on any atom is 0.259 e. The number of carbonyl (C=O) groups is 2. The predicted molar refractivity (Wildman–Crippen MR) is 120 cm³/mol. The molecule has 0 saturated heterocycles. The molecule has 0 saturated carbocycles. The molecule has 6 heteroatoms. The lowest BCUT2D eigenvalue weighted by molar-refractivity contribution is -0.114. The van der Waals surface area contributed by atoms with Gasteiger partial charge in [0, 0.05) is 11.1 Å². The Morgan fingerprint density at radius 3 is 1.40 bits per heavy atom. The van der Waals surface area contributed by atoms with Crippen LogP contribution in [0.5, 0.6) is 11.5 Å². The van der Waals surface area contributed by atoms with Gasteiger partial charge in [-0.05, 0) is 56.9 Å². The van der Waals surface area contributed by atoms with E-state index < -0.39 is 10.5 Å². The van der Waals surface area contributed by atoms with Crippen molar-refractivity contribution in [1.29, 1.82) is 0 Å². The molecule has 0 aliphatic heterocycles. The molecule has 0 fully saturated rings. The van der Waals surface area contributed by atoms with Crippen LogP contribution in [0, 0.1) is 0 Å². The van der Waals surface area contributed by atoms with Crippen molar-refractivity contribution in [2.24, 2.45) is 0 Å². The van der Waals surface area contributed by atoms with Gasteiger partial charge in [-0.1, -0.05) is 60.7 Å². The first-order chi connectivity index (χ1) is 14.5. The van der Waals surface area contributed by atoms with Crippen molar-refractivity contribution < 1.29 is 19.1 Å². The maximum absolute atomic E-state index is 11.3. The smallest absolute Gasteiger partial charge is 0.259 e. The highest BCUT2D eigenvalue weighted by molar-refractivity contribution is 6.64. The number of ether oxygens (including phenoxy) is 2. The molecule has 0 heterocycles. The summed E-state index contributed by atoms with van der Waals surface area (Å²) in [6, 6.07) is 23.1. The first-order valence-electron chi connectivity index (χ1n) is 9.20. The lowest BCUT2D eigenvalue weighted by Gasteiger charge is -2.19. The van der Waals surface area contributed by atoms with Crippen molar-refractivity contribution in [1.82, 2.24) is 0 Å². The van der Waals surface area contributed by atoms with Crippen LogP contribution >= 0.6 is 23.2 Å². The molecule has 0 spiro atoms. The lowest BCUT2D eigenvalue weighted by atomic mass is 9.92. The summed E-state index contributed by atoms with van der Waals surface area (Å²) in [7, 11) is 0. The third-order valence-electron chi connectivity index (χ3n) is 4.71. The number of rotatable bonds is 7. The molecule has 0 aliphatic carbocycles. The summed E-state index contributed by atoms with van der Waals surface area (Å²) in [5, 5.41) is 2.60. The minimum Gasteiger partial charge on any atom is -0.484 e. The fourth-order valence-corrected chi connectivity index (χ4v) is 3.64. The van der Waals surface area contributed by atoms with E-state index in [4.69, 9.17) is 32.7 Å². The van der Waals surface area contributed by atoms with E-state index in [1.54, 1.807) is 12.1 Å². The Morgan fingerprint density at radius 2 is 1.00 bits per heavy atom. The van der Waals surface area contributed by atoms with E-state index in [2.05, 4.69) is 0 Å². The van der Waals surface area contributed by atoms with Gasteiger partial charge < -0.3 is 9.47 Å². The molecule has 0 atom stereocenters. The third-order valence-corrected chi connectivity index (χ3v) is 4.93. The summed E-state index contributed by atoms with van der Waals surface area (Å²) < 4.78 is 11.5. The highest BCUT2D eigenvalue weighted by Gasteiger charge is 2.19. The number of halogens is 2. The summed E-state index contributed by atoms with van der Waals surface area (Å²) in [5.74, 6) is 0.974. The molecule has 4 aromatic rings. The van der Waals surface area contributed by atoms with E-state index in [0.29, 0.717) is 11.5 Å². The number of fused-ring (bicyclic) bond motifs is 2. The van der Waals surface area contributed by atoms with Gasteiger partial charge in [0.1, 0.15) is 11.5 Å². The minimum atomic E-state index is -0.601. The summed E-state index contributed by atoms with van der Waals surface area (Å²) in [6.07, 6.45) is 0. The van der Waals surface area contributed by atoms with Gasteiger partial charge in [0.25, 0.3) is 10.5 Å². The maximum atomic E-state index is 11.3. The Morgan fingerprint density at radius 1 is 0.600 bits per heavy atom. The molecule has 0 unspecified atom stereocenters. The standard InChI is InChI=1S/C24H16Cl2O4/c25-21(27)13-29-19-11-9-15-5-1-3-7-17(15)23(19)24-18-8-4-2-6-16(18)10-12-20(24)30-14-22(26)28/h1-12H,13-14H2. The largest absolute Gasteiger partial charge is 0.484 e. The van der Waals surface area contributed by atoms with Crippen molar-refractivity contribution >= 4 is 55.2 Å². The van der Waals surface area contributed by atoms with Crippen molar-refractivity contribution in [2.45, 2.75) is 0 Å². The molecule has 0 aromatic heterocycles. The zero-order chi connectivity index (χ0) is 21.1. The van der Waals surface area contributed by atoms with Crippen LogP contribution in [0.3, 0.4) is 0 Å². The topological polar surface area (TPSA) is 52.6 Å². The van der Waals surface area contributed by atoms with Crippen LogP contribution in [0.25, 0.3) is 32.7 Å². The Labute approximate surface area is 182 Å². The molecule has 4 rings (SSSR count). The van der Waals surface area contributed by atoms with Gasteiger partial charge in [-0.25, -0.2) is 0 Å². The van der Waals surface area contributed by atoms with Gasteiger partial charge >= 0.3 is 0 Å². The molecule has 0 bridgehead atoms. The Bertz CT molecular complexity index is 1170. The monoisotopic (exact) mass is 438 g/mol. The molecule has 4 aromatic carbocycles. The molecule has 0 aliphatic rings. The first-order valence-corrected chi connectivity index (χ1v) is 9.96. The zero-order valence-corrected chi connectivity index (χ0v) is 17.2. The predicted octanol–water partition coefficient (Wildman–Crippen LogP) is 5.95. The average Bonchev–Trinajstić information content (AvgIpc) is 2.75. The average molecular weight is 439 g/mol. The zero-order valence-electron chi connectivity index (χ0n) is 15.7. The second kappa shape index (κ2) is 8.74. The Hall–Kier alpha value is -3.08. The second-order valence-electron chi connectivity index (χ2n) is 6.61. The minimum absolute atomic E-state index is 0.270. The quantitative estimate of drug-likeness (QED) is 0.334. The molecule has 150 valence electrons. The number of hydrogen-bond donors (Lipinski definition) is 0. The Balaban J connectivity index is 2.05. The van der Waals surface area contributed by atoms with Crippen LogP contribution in [0.1, 0.15) is 0 Å². The molecular weight excluding hydrogens is 423 g/mol. The normalized spacial score (nSPS) is 10.9. The van der Waals surface area contributed by atoms with Crippen molar-refractivity contribution in [3.05, 3.63) is 72.8 Å². The molecular formula is C24H16Cl2O4. The fourth-order valence-electron chi connectivity index (χ4n) is 3.53. The summed E-state index contributed by atoms with van der Waals surface area (Å²) in [6.45, 7) is -0.540. The van der Waals surface area contributed by atoms with Gasteiger partial charge in [-0.3, -0.25) is 9.59 Å². The first kappa shape index (κ1) is 20.2. The van der Waals surface area contributed by atoms with Crippen LogP contribution in [0.4, 0.5) is 0 Å². The fraction of sp³-hybridized carbons (Fsp3) is 0.0833. The van der Waals surface area contributed by atoms with Gasteiger partial charge in [0.15, 0.2) is 13.2 Å². The van der Waals surface area contributed by atoms with Crippen LogP contribution in [0.15, 0.2) is 72.8 Å². The third kappa shape index (κ3) is 4.11. The van der Waals surface area contributed by atoms with E-state index in [0.717, 1.165) is 32.7 Å². The SMILES string of the molecule is O=C(Cl)COc1ccc2ccccc2c1-c1c(OCC(=O)Cl)ccc2ccccc12. The van der Waals surface area contributed by atoms with E-state index >= 15 is 0 Å². The van der Waals surface area contributed by atoms with E-state index in [-0.39, 0.29) is 13.2 Å². The van der Waals surface area contributed by atoms with E-state index in [1.165, 1.54) is 0 Å². The van der Waals surface area contributed by atoms with Crippen molar-refractivity contribution in [3.8, 4) is 22.6 Å². The van der Waals surface area contributed by atoms with Crippen LogP contribution in [-0.2, 0) is 9.59 Å². The Kier molecular flexibility index (Phi) is 5.88. The molecule has 0 N–H and O–H groups in total. The lowest BCUT2D eigenvalue weighted by Crippen LogP contribution is -2.07. The van der Waals surface area contributed by atoms with Gasteiger partial charge in [0.2, 0.25) is 0 Å². The summed E-state index contributed by atoms with van der Waals surface area (Å²) in [4.78, 5) is 22.7.